The lowest BCUT2D eigenvalue weighted by atomic mass is 10.4. The standard InChI is InChI=1S/C7H9F/c1-3-5-6-7(8)4-2/h3-6H,2H2,1H3. The molecule has 0 heterocycles. The van der Waals surface area contributed by atoms with Crippen LogP contribution >= 0.6 is 0 Å². The number of hydrogen-bond donors (Lipinski definition) is 0. The molecule has 0 aromatic carbocycles. The Morgan fingerprint density at radius 2 is 2.25 bits per heavy atom. The van der Waals surface area contributed by atoms with Crippen molar-refractivity contribution in [3.63, 3.8) is 0 Å². The van der Waals surface area contributed by atoms with E-state index >= 15 is 0 Å². The Bertz CT molecular complexity index is 120. The second-order valence-corrected chi connectivity index (χ2v) is 1.28. The maximum absolute atomic E-state index is 12.0. The smallest absolute Gasteiger partial charge is 0.122 e. The van der Waals surface area contributed by atoms with Crippen LogP contribution in [0.25, 0.3) is 0 Å². The van der Waals surface area contributed by atoms with Crippen LogP contribution in [-0.4, -0.2) is 0 Å². The molecule has 8 heavy (non-hydrogen) atoms. The lowest BCUT2D eigenvalue weighted by Gasteiger charge is -1.76. The summed E-state index contributed by atoms with van der Waals surface area (Å²) in [7, 11) is 0. The van der Waals surface area contributed by atoms with E-state index in [0.717, 1.165) is 0 Å². The molecular formula is C7H9F. The van der Waals surface area contributed by atoms with Crippen molar-refractivity contribution in [3.05, 3.63) is 36.7 Å². The predicted molar refractivity (Wildman–Crippen MR) is 34.2 cm³/mol. The first-order valence-electron chi connectivity index (χ1n) is 2.42. The zero-order valence-corrected chi connectivity index (χ0v) is 4.89. The minimum atomic E-state index is -0.303. The third kappa shape index (κ3) is 3.34. The lowest BCUT2D eigenvalue weighted by molar-refractivity contribution is 0.668. The monoisotopic (exact) mass is 112 g/mol. The van der Waals surface area contributed by atoms with Crippen molar-refractivity contribution in [2.24, 2.45) is 0 Å². The summed E-state index contributed by atoms with van der Waals surface area (Å²) in [4.78, 5) is 0. The van der Waals surface area contributed by atoms with E-state index in [1.165, 1.54) is 12.2 Å². The summed E-state index contributed by atoms with van der Waals surface area (Å²) in [6.45, 7) is 5.06. The van der Waals surface area contributed by atoms with Gasteiger partial charge < -0.3 is 0 Å². The van der Waals surface area contributed by atoms with E-state index in [-0.39, 0.29) is 5.83 Å². The van der Waals surface area contributed by atoms with Crippen molar-refractivity contribution in [1.82, 2.24) is 0 Å². The summed E-state index contributed by atoms with van der Waals surface area (Å²) >= 11 is 0. The molecule has 0 amide bonds. The van der Waals surface area contributed by atoms with Gasteiger partial charge in [-0.15, -0.1) is 0 Å². The van der Waals surface area contributed by atoms with Gasteiger partial charge in [0, 0.05) is 0 Å². The van der Waals surface area contributed by atoms with Crippen LogP contribution in [0, 0.1) is 0 Å². The molecule has 0 spiro atoms. The fraction of sp³-hybridized carbons (Fsp3) is 0.143. The number of rotatable bonds is 2. The summed E-state index contributed by atoms with van der Waals surface area (Å²) in [6.07, 6.45) is 5.90. The highest BCUT2D eigenvalue weighted by atomic mass is 19.1. The first-order valence-corrected chi connectivity index (χ1v) is 2.42. The van der Waals surface area contributed by atoms with Crippen molar-refractivity contribution in [1.29, 1.82) is 0 Å². The summed E-state index contributed by atoms with van der Waals surface area (Å²) in [5.74, 6) is -0.303. The summed E-state index contributed by atoms with van der Waals surface area (Å²) in [5.41, 5.74) is 0. The zero-order chi connectivity index (χ0) is 6.41. The van der Waals surface area contributed by atoms with Gasteiger partial charge in [0.1, 0.15) is 5.83 Å². The predicted octanol–water partition coefficient (Wildman–Crippen LogP) is 2.60. The molecule has 0 aliphatic rings. The van der Waals surface area contributed by atoms with Crippen LogP contribution in [0.4, 0.5) is 4.39 Å². The van der Waals surface area contributed by atoms with Crippen molar-refractivity contribution >= 4 is 0 Å². The normalized spacial score (nSPS) is 12.5. The fourth-order valence-corrected chi connectivity index (χ4v) is 0.256. The fourth-order valence-electron chi connectivity index (χ4n) is 0.256. The van der Waals surface area contributed by atoms with Gasteiger partial charge >= 0.3 is 0 Å². The first kappa shape index (κ1) is 7.15. The highest BCUT2D eigenvalue weighted by Gasteiger charge is 1.76. The molecule has 0 rings (SSSR count). The van der Waals surface area contributed by atoms with Crippen LogP contribution in [0.3, 0.4) is 0 Å². The Labute approximate surface area is 49.0 Å². The van der Waals surface area contributed by atoms with Gasteiger partial charge in [-0.25, -0.2) is 4.39 Å². The summed E-state index contributed by atoms with van der Waals surface area (Å²) in [5, 5.41) is 0. The van der Waals surface area contributed by atoms with Gasteiger partial charge in [-0.3, -0.25) is 0 Å². The van der Waals surface area contributed by atoms with Gasteiger partial charge in [0.05, 0.1) is 0 Å². The van der Waals surface area contributed by atoms with Crippen molar-refractivity contribution < 1.29 is 4.39 Å². The molecule has 0 radical (unpaired) electrons. The Morgan fingerprint density at radius 1 is 1.62 bits per heavy atom. The molecule has 0 aromatic heterocycles. The van der Waals surface area contributed by atoms with Crippen LogP contribution < -0.4 is 0 Å². The SMILES string of the molecule is C=CC(F)=CC=CC. The van der Waals surface area contributed by atoms with Gasteiger partial charge in [0.25, 0.3) is 0 Å². The topological polar surface area (TPSA) is 0 Å². The third-order valence-electron chi connectivity index (χ3n) is 0.643. The second-order valence-electron chi connectivity index (χ2n) is 1.28. The van der Waals surface area contributed by atoms with Gasteiger partial charge in [-0.05, 0) is 19.1 Å². The van der Waals surface area contributed by atoms with Crippen LogP contribution in [0.1, 0.15) is 6.92 Å². The largest absolute Gasteiger partial charge is 0.207 e. The third-order valence-corrected chi connectivity index (χ3v) is 0.643. The molecular weight excluding hydrogens is 103 g/mol. The molecule has 0 saturated carbocycles. The minimum Gasteiger partial charge on any atom is -0.207 e. The first-order chi connectivity index (χ1) is 3.81. The Balaban J connectivity index is 3.74. The molecule has 0 atom stereocenters. The van der Waals surface area contributed by atoms with E-state index in [0.29, 0.717) is 0 Å². The van der Waals surface area contributed by atoms with Crippen molar-refractivity contribution in [2.75, 3.05) is 0 Å². The Kier molecular flexibility index (Phi) is 3.85. The highest BCUT2D eigenvalue weighted by Crippen LogP contribution is 1.95. The van der Waals surface area contributed by atoms with E-state index < -0.39 is 0 Å². The summed E-state index contributed by atoms with van der Waals surface area (Å²) < 4.78 is 12.0. The summed E-state index contributed by atoms with van der Waals surface area (Å²) in [6, 6.07) is 0. The van der Waals surface area contributed by atoms with E-state index in [1.54, 1.807) is 12.2 Å². The quantitative estimate of drug-likeness (QED) is 0.481. The van der Waals surface area contributed by atoms with E-state index in [2.05, 4.69) is 6.58 Å². The lowest BCUT2D eigenvalue weighted by Crippen LogP contribution is -1.57. The molecule has 0 nitrogen and oxygen atoms in total. The molecule has 44 valence electrons. The Hall–Kier alpha value is -0.850. The van der Waals surface area contributed by atoms with Gasteiger partial charge in [-0.1, -0.05) is 18.7 Å². The van der Waals surface area contributed by atoms with E-state index in [1.807, 2.05) is 6.92 Å². The van der Waals surface area contributed by atoms with E-state index in [9.17, 15) is 4.39 Å². The van der Waals surface area contributed by atoms with Crippen molar-refractivity contribution in [2.45, 2.75) is 6.92 Å². The molecule has 0 aliphatic heterocycles. The zero-order valence-electron chi connectivity index (χ0n) is 4.89. The molecule has 0 N–H and O–H groups in total. The number of hydrogen-bond acceptors (Lipinski definition) is 0. The molecule has 0 saturated heterocycles. The molecule has 0 bridgehead atoms. The minimum absolute atomic E-state index is 0.303. The second kappa shape index (κ2) is 4.31. The van der Waals surface area contributed by atoms with Gasteiger partial charge in [0.15, 0.2) is 0 Å². The Morgan fingerprint density at radius 3 is 2.62 bits per heavy atom. The van der Waals surface area contributed by atoms with E-state index in [4.69, 9.17) is 0 Å². The van der Waals surface area contributed by atoms with Crippen molar-refractivity contribution in [3.8, 4) is 0 Å². The molecule has 1 heteroatoms. The van der Waals surface area contributed by atoms with Crippen LogP contribution in [0.15, 0.2) is 36.7 Å². The molecule has 0 aliphatic carbocycles. The maximum atomic E-state index is 12.0. The molecule has 0 fully saturated rings. The van der Waals surface area contributed by atoms with Crippen LogP contribution in [0.5, 0.6) is 0 Å². The van der Waals surface area contributed by atoms with Crippen LogP contribution in [-0.2, 0) is 0 Å². The van der Waals surface area contributed by atoms with Gasteiger partial charge in [-0.2, -0.15) is 0 Å². The number of allylic oxidation sites excluding steroid dienone is 5. The average molecular weight is 112 g/mol. The molecule has 0 aromatic rings. The average Bonchev–Trinajstić information content (AvgIpc) is 1.83. The van der Waals surface area contributed by atoms with Gasteiger partial charge in [0.2, 0.25) is 0 Å². The number of halogens is 1. The molecule has 0 unspecified atom stereocenters. The highest BCUT2D eigenvalue weighted by molar-refractivity contribution is 5.14. The maximum Gasteiger partial charge on any atom is 0.122 e. The van der Waals surface area contributed by atoms with Crippen LogP contribution in [0.2, 0.25) is 0 Å².